The first-order valence-corrected chi connectivity index (χ1v) is 6.96. The van der Waals surface area contributed by atoms with E-state index in [-0.39, 0.29) is 0 Å². The van der Waals surface area contributed by atoms with Gasteiger partial charge in [-0.1, -0.05) is 29.8 Å². The van der Waals surface area contributed by atoms with Crippen molar-refractivity contribution in [2.24, 2.45) is 0 Å². The van der Waals surface area contributed by atoms with Crippen molar-refractivity contribution in [3.63, 3.8) is 0 Å². The molecule has 19 heavy (non-hydrogen) atoms. The van der Waals surface area contributed by atoms with Crippen LogP contribution in [0.25, 0.3) is 10.1 Å². The van der Waals surface area contributed by atoms with E-state index in [1.165, 1.54) is 0 Å². The zero-order valence-corrected chi connectivity index (χ0v) is 11.7. The van der Waals surface area contributed by atoms with Crippen molar-refractivity contribution in [3.05, 3.63) is 40.0 Å². The number of hydrogen-bond acceptors (Lipinski definition) is 5. The minimum Gasteiger partial charge on any atom is -0.385 e. The zero-order valence-electron chi connectivity index (χ0n) is 10.1. The van der Waals surface area contributed by atoms with Gasteiger partial charge in [-0.15, -0.1) is 16.4 Å². The number of aliphatic hydroxyl groups is 1. The van der Waals surface area contributed by atoms with E-state index in [1.807, 2.05) is 24.3 Å². The van der Waals surface area contributed by atoms with Crippen molar-refractivity contribution in [2.45, 2.75) is 19.6 Å². The highest BCUT2D eigenvalue weighted by molar-refractivity contribution is 7.19. The molecule has 0 fully saturated rings. The van der Waals surface area contributed by atoms with Crippen LogP contribution in [0.5, 0.6) is 0 Å². The minimum atomic E-state index is -0.705. The van der Waals surface area contributed by atoms with Gasteiger partial charge < -0.3 is 5.11 Å². The van der Waals surface area contributed by atoms with Crippen LogP contribution in [0.3, 0.4) is 0 Å². The van der Waals surface area contributed by atoms with Gasteiger partial charge in [0.2, 0.25) is 0 Å². The predicted molar refractivity (Wildman–Crippen MR) is 74.4 cm³/mol. The zero-order chi connectivity index (χ0) is 13.4. The SMILES string of the molecule is C[C@H](O)c1nnnn1Cc1sc2ccccc2c1Cl. The molecule has 0 saturated heterocycles. The topological polar surface area (TPSA) is 63.8 Å². The largest absolute Gasteiger partial charge is 0.385 e. The van der Waals surface area contributed by atoms with Gasteiger partial charge in [0, 0.05) is 15.0 Å². The lowest BCUT2D eigenvalue weighted by Gasteiger charge is -2.05. The molecule has 7 heteroatoms. The summed E-state index contributed by atoms with van der Waals surface area (Å²) in [7, 11) is 0. The summed E-state index contributed by atoms with van der Waals surface area (Å²) in [6.45, 7) is 2.10. The summed E-state index contributed by atoms with van der Waals surface area (Å²) in [6.07, 6.45) is -0.705. The van der Waals surface area contributed by atoms with Crippen molar-refractivity contribution < 1.29 is 5.11 Å². The van der Waals surface area contributed by atoms with Crippen LogP contribution in [-0.4, -0.2) is 25.3 Å². The van der Waals surface area contributed by atoms with Gasteiger partial charge in [-0.05, 0) is 23.4 Å². The fourth-order valence-electron chi connectivity index (χ4n) is 1.93. The number of fused-ring (bicyclic) bond motifs is 1. The fraction of sp³-hybridized carbons (Fsp3) is 0.250. The van der Waals surface area contributed by atoms with Gasteiger partial charge in [0.1, 0.15) is 6.10 Å². The molecule has 3 rings (SSSR count). The Bertz CT molecular complexity index is 721. The third-order valence-corrected chi connectivity index (χ3v) is 4.53. The molecule has 0 aliphatic heterocycles. The first-order valence-electron chi connectivity index (χ1n) is 5.77. The van der Waals surface area contributed by atoms with Gasteiger partial charge in [0.25, 0.3) is 0 Å². The first kappa shape index (κ1) is 12.5. The maximum absolute atomic E-state index is 9.59. The van der Waals surface area contributed by atoms with Gasteiger partial charge in [0.15, 0.2) is 5.82 Å². The van der Waals surface area contributed by atoms with Gasteiger partial charge in [-0.2, -0.15) is 0 Å². The predicted octanol–water partition coefficient (Wildman–Crippen LogP) is 2.64. The Morgan fingerprint density at radius 1 is 1.42 bits per heavy atom. The molecule has 2 heterocycles. The monoisotopic (exact) mass is 294 g/mol. The second-order valence-corrected chi connectivity index (χ2v) is 5.72. The Hall–Kier alpha value is -1.50. The maximum atomic E-state index is 9.59. The first-order chi connectivity index (χ1) is 9.16. The van der Waals surface area contributed by atoms with E-state index in [1.54, 1.807) is 22.9 Å². The van der Waals surface area contributed by atoms with Gasteiger partial charge >= 0.3 is 0 Å². The van der Waals surface area contributed by atoms with Crippen LogP contribution in [0.4, 0.5) is 0 Å². The van der Waals surface area contributed by atoms with Crippen molar-refractivity contribution in [2.75, 3.05) is 0 Å². The maximum Gasteiger partial charge on any atom is 0.180 e. The van der Waals surface area contributed by atoms with Crippen LogP contribution in [0.15, 0.2) is 24.3 Å². The standard InChI is InChI=1S/C12H11ClN4OS/c1-7(18)12-14-15-16-17(12)6-10-11(13)8-4-2-3-5-9(8)19-10/h2-5,7,18H,6H2,1H3/t7-/m0/s1. The summed E-state index contributed by atoms with van der Waals surface area (Å²) in [5.41, 5.74) is 0. The lowest BCUT2D eigenvalue weighted by Crippen LogP contribution is -2.08. The van der Waals surface area contributed by atoms with E-state index in [0.717, 1.165) is 20.0 Å². The van der Waals surface area contributed by atoms with Gasteiger partial charge in [0.05, 0.1) is 11.6 Å². The van der Waals surface area contributed by atoms with Crippen molar-refractivity contribution in [1.29, 1.82) is 0 Å². The molecule has 0 bridgehead atoms. The normalized spacial score (nSPS) is 13.0. The summed E-state index contributed by atoms with van der Waals surface area (Å²) in [6, 6.07) is 7.97. The van der Waals surface area contributed by atoms with Gasteiger partial charge in [-0.25, -0.2) is 4.68 Å². The van der Waals surface area contributed by atoms with Crippen LogP contribution in [0.2, 0.25) is 5.02 Å². The summed E-state index contributed by atoms with van der Waals surface area (Å²) >= 11 is 7.98. The average molecular weight is 295 g/mol. The van der Waals surface area contributed by atoms with E-state index < -0.39 is 6.10 Å². The number of thiophene rings is 1. The molecule has 1 aromatic carbocycles. The molecule has 98 valence electrons. The second-order valence-electron chi connectivity index (χ2n) is 4.21. The number of nitrogens with zero attached hydrogens (tertiary/aromatic N) is 4. The summed E-state index contributed by atoms with van der Waals surface area (Å²) in [5.74, 6) is 0.438. The quantitative estimate of drug-likeness (QED) is 0.806. The number of tetrazole rings is 1. The Morgan fingerprint density at radius 2 is 2.21 bits per heavy atom. The molecule has 0 radical (unpaired) electrons. The van der Waals surface area contributed by atoms with Crippen LogP contribution >= 0.6 is 22.9 Å². The molecule has 2 aromatic heterocycles. The smallest absolute Gasteiger partial charge is 0.180 e. The third kappa shape index (κ3) is 2.22. The van der Waals surface area contributed by atoms with Gasteiger partial charge in [-0.3, -0.25) is 0 Å². The molecule has 0 unspecified atom stereocenters. The Morgan fingerprint density at radius 3 is 2.95 bits per heavy atom. The number of aromatic nitrogens is 4. The second kappa shape index (κ2) is 4.88. The van der Waals surface area contributed by atoms with E-state index in [9.17, 15) is 5.11 Å². The third-order valence-electron chi connectivity index (χ3n) is 2.83. The van der Waals surface area contributed by atoms with E-state index >= 15 is 0 Å². The number of halogens is 1. The molecule has 0 aliphatic carbocycles. The molecule has 0 aliphatic rings. The van der Waals surface area contributed by atoms with Crippen molar-refractivity contribution in [1.82, 2.24) is 20.2 Å². The lowest BCUT2D eigenvalue weighted by atomic mass is 10.2. The number of hydrogen-bond donors (Lipinski definition) is 1. The van der Waals surface area contributed by atoms with Crippen molar-refractivity contribution >= 4 is 33.0 Å². The van der Waals surface area contributed by atoms with E-state index in [4.69, 9.17) is 11.6 Å². The Balaban J connectivity index is 2.01. The molecule has 0 spiro atoms. The van der Waals surface area contributed by atoms with E-state index in [0.29, 0.717) is 12.4 Å². The Labute approximate surface area is 118 Å². The van der Waals surface area contributed by atoms with Crippen LogP contribution in [0.1, 0.15) is 23.7 Å². The molecule has 1 atom stereocenters. The minimum absolute atomic E-state index is 0.438. The molecular weight excluding hydrogens is 284 g/mol. The van der Waals surface area contributed by atoms with Crippen LogP contribution in [-0.2, 0) is 6.54 Å². The highest BCUT2D eigenvalue weighted by Crippen LogP contribution is 2.35. The van der Waals surface area contributed by atoms with Crippen molar-refractivity contribution in [3.8, 4) is 0 Å². The highest BCUT2D eigenvalue weighted by Gasteiger charge is 2.15. The number of aliphatic hydroxyl groups excluding tert-OH is 1. The lowest BCUT2D eigenvalue weighted by molar-refractivity contribution is 0.182. The molecule has 3 aromatic rings. The fourth-order valence-corrected chi connectivity index (χ4v) is 3.40. The number of rotatable bonds is 3. The molecule has 0 amide bonds. The molecule has 0 saturated carbocycles. The van der Waals surface area contributed by atoms with Crippen LogP contribution in [0, 0.1) is 0 Å². The summed E-state index contributed by atoms with van der Waals surface area (Å²) in [5, 5.41) is 22.6. The number of benzene rings is 1. The molecular formula is C12H11ClN4OS. The van der Waals surface area contributed by atoms with Crippen LogP contribution < -0.4 is 0 Å². The molecule has 5 nitrogen and oxygen atoms in total. The average Bonchev–Trinajstić information content (AvgIpc) is 2.97. The van der Waals surface area contributed by atoms with E-state index in [2.05, 4.69) is 15.5 Å². The molecule has 1 N–H and O–H groups in total. The summed E-state index contributed by atoms with van der Waals surface area (Å²) in [4.78, 5) is 0.983. The highest BCUT2D eigenvalue weighted by atomic mass is 35.5. The Kier molecular flexibility index (Phi) is 3.22. The summed E-state index contributed by atoms with van der Waals surface area (Å²) < 4.78 is 2.70.